The summed E-state index contributed by atoms with van der Waals surface area (Å²) in [5.41, 5.74) is -1.52. The van der Waals surface area contributed by atoms with Crippen LogP contribution in [0.2, 0.25) is 0 Å². The number of anilines is 1. The van der Waals surface area contributed by atoms with Crippen molar-refractivity contribution in [3.63, 3.8) is 0 Å². The molecule has 118 valence electrons. The zero-order valence-corrected chi connectivity index (χ0v) is 13.9. The Hall–Kier alpha value is -1.97. The van der Waals surface area contributed by atoms with Crippen LogP contribution in [0.5, 0.6) is 5.75 Å². The summed E-state index contributed by atoms with van der Waals surface area (Å²) < 4.78 is 1.23. The zero-order chi connectivity index (χ0) is 16.6. The first-order chi connectivity index (χ1) is 10.2. The molecule has 0 bridgehead atoms. The molecule has 23 heavy (non-hydrogen) atoms. The van der Waals surface area contributed by atoms with E-state index in [0.717, 1.165) is 6.07 Å². The van der Waals surface area contributed by atoms with Crippen molar-refractivity contribution < 1.29 is 24.0 Å². The molecule has 1 aromatic heterocycles. The Bertz CT molecular complexity index is 834. The minimum atomic E-state index is -0.702. The molecule has 0 unspecified atom stereocenters. The van der Waals surface area contributed by atoms with Gasteiger partial charge in [0.25, 0.3) is 5.56 Å². The van der Waals surface area contributed by atoms with Gasteiger partial charge in [0, 0.05) is 19.2 Å². The zero-order valence-electron chi connectivity index (χ0n) is 13.9. The first kappa shape index (κ1) is 19.1. The summed E-state index contributed by atoms with van der Waals surface area (Å²) >= 11 is 0. The van der Waals surface area contributed by atoms with Crippen LogP contribution in [-0.4, -0.2) is 15.7 Å². The second-order valence-corrected chi connectivity index (χ2v) is 5.66. The Kier molecular flexibility index (Phi) is 5.86. The minimum Gasteiger partial charge on any atom is -0.649 e. The van der Waals surface area contributed by atoms with Crippen molar-refractivity contribution in [2.75, 3.05) is 5.32 Å². The van der Waals surface area contributed by atoms with E-state index in [1.165, 1.54) is 17.8 Å². The van der Waals surface area contributed by atoms with Crippen LogP contribution in [0.3, 0.4) is 0 Å². The predicted octanol–water partition coefficient (Wildman–Crippen LogP) is -1.52. The number of nitrogens with one attached hydrogen (secondary N) is 1. The second kappa shape index (κ2) is 7.07. The minimum absolute atomic E-state index is 0. The molecule has 0 aliphatic carbocycles. The average molecular weight is 311 g/mol. The number of aryl methyl sites for hydroxylation is 1. The first-order valence-corrected chi connectivity index (χ1v) is 6.93. The fraction of sp³-hybridized carbons (Fsp3) is 0.400. The number of hydrogen-bond acceptors (Lipinski definition) is 5. The molecule has 0 aliphatic heterocycles. The predicted molar refractivity (Wildman–Crippen MR) is 85.3 cm³/mol. The van der Waals surface area contributed by atoms with Crippen LogP contribution in [0.15, 0.2) is 26.6 Å². The van der Waals surface area contributed by atoms with Crippen molar-refractivity contribution in [3.8, 4) is 5.75 Å². The van der Waals surface area contributed by atoms with Crippen molar-refractivity contribution in [3.05, 3.63) is 48.4 Å². The van der Waals surface area contributed by atoms with Gasteiger partial charge in [0.05, 0.1) is 5.69 Å². The molecular formula is C15H18LiN3O4. The molecule has 0 amide bonds. The van der Waals surface area contributed by atoms with Gasteiger partial charge in [0.1, 0.15) is 5.75 Å². The molecule has 0 aliphatic rings. The molecule has 0 saturated heterocycles. The Labute approximate surface area is 145 Å². The smallest absolute Gasteiger partial charge is 0.649 e. The molecule has 0 radical (unpaired) electrons. The summed E-state index contributed by atoms with van der Waals surface area (Å²) in [6.45, 7) is 5.87. The molecule has 1 aromatic carbocycles. The third-order valence-corrected chi connectivity index (χ3v) is 3.68. The molecule has 0 spiro atoms. The second-order valence-electron chi connectivity index (χ2n) is 5.66. The van der Waals surface area contributed by atoms with Gasteiger partial charge in [-0.15, -0.1) is 0 Å². The van der Waals surface area contributed by atoms with Gasteiger partial charge in [-0.25, -0.2) is 0 Å². The van der Waals surface area contributed by atoms with Crippen molar-refractivity contribution in [2.24, 2.45) is 13.0 Å². The van der Waals surface area contributed by atoms with E-state index in [9.17, 15) is 19.5 Å². The van der Waals surface area contributed by atoms with Crippen LogP contribution in [-0.2, 0) is 7.05 Å². The van der Waals surface area contributed by atoms with Crippen LogP contribution in [0.25, 0.3) is 5.32 Å². The third-order valence-electron chi connectivity index (χ3n) is 3.68. The summed E-state index contributed by atoms with van der Waals surface area (Å²) in [6, 6.07) is 1.000. The fourth-order valence-electron chi connectivity index (χ4n) is 1.83. The maximum absolute atomic E-state index is 11.7. The van der Waals surface area contributed by atoms with Crippen LogP contribution in [0.1, 0.15) is 20.8 Å². The Morgan fingerprint density at radius 2 is 1.78 bits per heavy atom. The molecule has 2 aromatic rings. The van der Waals surface area contributed by atoms with Crippen LogP contribution >= 0.6 is 0 Å². The van der Waals surface area contributed by atoms with E-state index in [1.54, 1.807) is 0 Å². The molecule has 2 N–H and O–H groups in total. The van der Waals surface area contributed by atoms with Crippen molar-refractivity contribution in [1.29, 1.82) is 0 Å². The standard InChI is InChI=1S/C15H19N3O4.Li/c1-7(2)8(3)16-12-13(15(22)14(12)21)17-9-6-18(4)11(20)5-10(9)19;/h5-8H,1-4H3,(H3,16,17,19,20,21,22);/q;+1/p-1/t8-;/m0./s1. The first-order valence-electron chi connectivity index (χ1n) is 6.93. The molecule has 0 fully saturated rings. The number of aromatic nitrogens is 1. The van der Waals surface area contributed by atoms with Crippen molar-refractivity contribution in [1.82, 2.24) is 4.57 Å². The monoisotopic (exact) mass is 311 g/mol. The quantitative estimate of drug-likeness (QED) is 0.516. The van der Waals surface area contributed by atoms with Gasteiger partial charge in [-0.2, -0.15) is 0 Å². The van der Waals surface area contributed by atoms with Gasteiger partial charge in [0.15, 0.2) is 0 Å². The molecule has 1 atom stereocenters. The van der Waals surface area contributed by atoms with E-state index in [2.05, 4.69) is 10.6 Å². The summed E-state index contributed by atoms with van der Waals surface area (Å²) in [5.74, 6) is -0.0674. The fourth-order valence-corrected chi connectivity index (χ4v) is 1.83. The van der Waals surface area contributed by atoms with Gasteiger partial charge in [-0.05, 0) is 19.0 Å². The average Bonchev–Trinajstić information content (AvgIpc) is 2.46. The van der Waals surface area contributed by atoms with E-state index in [1.807, 2.05) is 20.8 Å². The van der Waals surface area contributed by atoms with Crippen molar-refractivity contribution >= 4 is 17.1 Å². The third kappa shape index (κ3) is 3.68. The van der Waals surface area contributed by atoms with E-state index < -0.39 is 16.4 Å². The van der Waals surface area contributed by atoms with Gasteiger partial charge in [0.2, 0.25) is 10.9 Å². The summed E-state index contributed by atoms with van der Waals surface area (Å²) in [5, 5.41) is 16.8. The largest absolute Gasteiger partial charge is 1.00 e. The molecular weight excluding hydrogens is 293 g/mol. The maximum Gasteiger partial charge on any atom is 1.00 e. The van der Waals surface area contributed by atoms with Crippen molar-refractivity contribution in [2.45, 2.75) is 26.8 Å². The molecule has 2 rings (SSSR count). The van der Waals surface area contributed by atoms with Gasteiger partial charge < -0.3 is 20.3 Å². The Morgan fingerprint density at radius 3 is 2.35 bits per heavy atom. The Morgan fingerprint density at radius 1 is 1.17 bits per heavy atom. The van der Waals surface area contributed by atoms with Gasteiger partial charge in [-0.1, -0.05) is 25.2 Å². The SMILES string of the molecule is CC(C)[C@H](C)Nc1c([N-]c2cn(C)c(=O)cc2O)c(=O)c1=O.[Li+]. The van der Waals surface area contributed by atoms with Gasteiger partial charge >= 0.3 is 18.9 Å². The number of aromatic hydroxyl groups is 1. The molecule has 1 heterocycles. The number of pyridine rings is 1. The van der Waals surface area contributed by atoms with E-state index >= 15 is 0 Å². The molecule has 0 saturated carbocycles. The van der Waals surface area contributed by atoms with E-state index in [4.69, 9.17) is 0 Å². The Balaban J connectivity index is 0.00000264. The van der Waals surface area contributed by atoms with Crippen LogP contribution in [0, 0.1) is 5.92 Å². The number of rotatable bonds is 5. The van der Waals surface area contributed by atoms with Crippen LogP contribution in [0.4, 0.5) is 17.1 Å². The maximum atomic E-state index is 11.7. The summed E-state index contributed by atoms with van der Waals surface area (Å²) in [4.78, 5) is 34.8. The summed E-state index contributed by atoms with van der Waals surface area (Å²) in [7, 11) is 1.50. The summed E-state index contributed by atoms with van der Waals surface area (Å²) in [6.07, 6.45) is 1.31. The number of hydrogen-bond donors (Lipinski definition) is 2. The number of nitrogens with zero attached hydrogens (tertiary/aromatic N) is 2. The topological polar surface area (TPSA) is 102 Å². The van der Waals surface area contributed by atoms with Gasteiger partial charge in [-0.3, -0.25) is 14.4 Å². The molecule has 7 nitrogen and oxygen atoms in total. The van der Waals surface area contributed by atoms with Crippen LogP contribution < -0.4 is 40.6 Å². The molecule has 8 heteroatoms. The van der Waals surface area contributed by atoms with E-state index in [0.29, 0.717) is 0 Å². The normalized spacial score (nSPS) is 12.0. The van der Waals surface area contributed by atoms with E-state index in [-0.39, 0.29) is 53.6 Å².